The van der Waals surface area contributed by atoms with Gasteiger partial charge in [0, 0.05) is 0 Å². The molecule has 0 saturated carbocycles. The first kappa shape index (κ1) is 13.7. The van der Waals surface area contributed by atoms with Crippen LogP contribution in [0.25, 0.3) is 0 Å². The predicted molar refractivity (Wildman–Crippen MR) is 66.5 cm³/mol. The lowest BCUT2D eigenvalue weighted by Gasteiger charge is -2.14. The second-order valence-electron chi connectivity index (χ2n) is 4.86. The zero-order valence-corrected chi connectivity index (χ0v) is 10.4. The molecule has 0 radical (unpaired) electrons. The second-order valence-corrected chi connectivity index (χ2v) is 4.86. The van der Waals surface area contributed by atoms with Crippen molar-refractivity contribution in [2.45, 2.75) is 65.7 Å². The third-order valence-electron chi connectivity index (χ3n) is 3.21. The summed E-state index contributed by atoms with van der Waals surface area (Å²) in [5, 5.41) is 0. The van der Waals surface area contributed by atoms with Crippen molar-refractivity contribution >= 4 is 0 Å². The molecule has 0 amide bonds. The molecule has 0 aliphatic rings. The molecule has 0 nitrogen and oxygen atoms in total. The summed E-state index contributed by atoms with van der Waals surface area (Å²) in [6, 6.07) is 0. The van der Waals surface area contributed by atoms with Crippen LogP contribution in [0, 0.1) is 11.8 Å². The molecule has 0 aromatic carbocycles. The van der Waals surface area contributed by atoms with Crippen LogP contribution in [0.1, 0.15) is 65.7 Å². The van der Waals surface area contributed by atoms with Gasteiger partial charge >= 0.3 is 0 Å². The van der Waals surface area contributed by atoms with Crippen molar-refractivity contribution in [3.63, 3.8) is 0 Å². The standard InChI is InChI=1S/C14H28/c1-5-6-7-8-9-10-11-12-14(4)13(2)3/h5,13-14H,1,6-12H2,2-4H3. The largest absolute Gasteiger partial charge is 0.103 e. The van der Waals surface area contributed by atoms with Gasteiger partial charge in [-0.1, -0.05) is 59.0 Å². The summed E-state index contributed by atoms with van der Waals surface area (Å²) in [5.41, 5.74) is 0. The van der Waals surface area contributed by atoms with E-state index in [0.717, 1.165) is 11.8 Å². The highest BCUT2D eigenvalue weighted by Crippen LogP contribution is 2.18. The van der Waals surface area contributed by atoms with Crippen LogP contribution in [-0.4, -0.2) is 0 Å². The first-order valence-corrected chi connectivity index (χ1v) is 6.29. The molecule has 0 heteroatoms. The van der Waals surface area contributed by atoms with Crippen LogP contribution in [0.5, 0.6) is 0 Å². The second kappa shape index (κ2) is 9.30. The van der Waals surface area contributed by atoms with Gasteiger partial charge in [-0.15, -0.1) is 6.58 Å². The van der Waals surface area contributed by atoms with Crippen LogP contribution in [0.3, 0.4) is 0 Å². The minimum Gasteiger partial charge on any atom is -0.103 e. The molecule has 1 atom stereocenters. The van der Waals surface area contributed by atoms with Crippen LogP contribution in [0.2, 0.25) is 0 Å². The van der Waals surface area contributed by atoms with E-state index in [1.165, 1.54) is 44.9 Å². The Balaban J connectivity index is 3.09. The number of unbranched alkanes of at least 4 members (excludes halogenated alkanes) is 5. The van der Waals surface area contributed by atoms with Crippen molar-refractivity contribution in [3.8, 4) is 0 Å². The van der Waals surface area contributed by atoms with E-state index in [0.29, 0.717) is 0 Å². The zero-order valence-electron chi connectivity index (χ0n) is 10.4. The van der Waals surface area contributed by atoms with Crippen molar-refractivity contribution in [2.75, 3.05) is 0 Å². The van der Waals surface area contributed by atoms with Gasteiger partial charge in [0.25, 0.3) is 0 Å². The first-order chi connectivity index (χ1) is 6.68. The van der Waals surface area contributed by atoms with Crippen LogP contribution in [0.4, 0.5) is 0 Å². The summed E-state index contributed by atoms with van der Waals surface area (Å²) in [6.07, 6.45) is 11.6. The minimum absolute atomic E-state index is 0.857. The Hall–Kier alpha value is -0.260. The van der Waals surface area contributed by atoms with E-state index in [1.807, 2.05) is 6.08 Å². The molecule has 0 N–H and O–H groups in total. The summed E-state index contributed by atoms with van der Waals surface area (Å²) < 4.78 is 0. The molecule has 0 rings (SSSR count). The van der Waals surface area contributed by atoms with Crippen LogP contribution in [0.15, 0.2) is 12.7 Å². The monoisotopic (exact) mass is 196 g/mol. The Bertz CT molecular complexity index is 124. The molecule has 84 valence electrons. The third kappa shape index (κ3) is 8.34. The summed E-state index contributed by atoms with van der Waals surface area (Å²) in [4.78, 5) is 0. The quantitative estimate of drug-likeness (QED) is 0.351. The Morgan fingerprint density at radius 2 is 1.50 bits per heavy atom. The number of hydrogen-bond acceptors (Lipinski definition) is 0. The highest BCUT2D eigenvalue weighted by atomic mass is 14.1. The topological polar surface area (TPSA) is 0 Å². The van der Waals surface area contributed by atoms with E-state index in [4.69, 9.17) is 0 Å². The van der Waals surface area contributed by atoms with Crippen molar-refractivity contribution in [1.82, 2.24) is 0 Å². The fraction of sp³-hybridized carbons (Fsp3) is 0.857. The van der Waals surface area contributed by atoms with Gasteiger partial charge in [0.05, 0.1) is 0 Å². The molecule has 0 aliphatic carbocycles. The highest BCUT2D eigenvalue weighted by Gasteiger charge is 2.05. The van der Waals surface area contributed by atoms with Crippen LogP contribution < -0.4 is 0 Å². The Kier molecular flexibility index (Phi) is 9.13. The van der Waals surface area contributed by atoms with Gasteiger partial charge in [-0.25, -0.2) is 0 Å². The van der Waals surface area contributed by atoms with E-state index in [2.05, 4.69) is 27.4 Å². The van der Waals surface area contributed by atoms with Crippen molar-refractivity contribution in [3.05, 3.63) is 12.7 Å². The van der Waals surface area contributed by atoms with Crippen molar-refractivity contribution in [1.29, 1.82) is 0 Å². The predicted octanol–water partition coefficient (Wildman–Crippen LogP) is 5.20. The lowest BCUT2D eigenvalue weighted by Crippen LogP contribution is -2.03. The molecule has 0 saturated heterocycles. The third-order valence-corrected chi connectivity index (χ3v) is 3.21. The highest BCUT2D eigenvalue weighted by molar-refractivity contribution is 4.65. The molecule has 0 spiro atoms. The molecule has 0 fully saturated rings. The lowest BCUT2D eigenvalue weighted by atomic mass is 9.92. The van der Waals surface area contributed by atoms with Crippen LogP contribution in [-0.2, 0) is 0 Å². The van der Waals surface area contributed by atoms with Crippen molar-refractivity contribution in [2.24, 2.45) is 11.8 Å². The lowest BCUT2D eigenvalue weighted by molar-refractivity contribution is 0.375. The number of allylic oxidation sites excluding steroid dienone is 1. The molecule has 0 aromatic rings. The van der Waals surface area contributed by atoms with E-state index >= 15 is 0 Å². The normalized spacial score (nSPS) is 13.1. The zero-order chi connectivity index (χ0) is 10.8. The fourth-order valence-corrected chi connectivity index (χ4v) is 1.62. The molecule has 0 aliphatic heterocycles. The van der Waals surface area contributed by atoms with E-state index in [-0.39, 0.29) is 0 Å². The number of hydrogen-bond donors (Lipinski definition) is 0. The molecule has 14 heavy (non-hydrogen) atoms. The number of rotatable bonds is 9. The summed E-state index contributed by atoms with van der Waals surface area (Å²) in [5.74, 6) is 1.76. The van der Waals surface area contributed by atoms with Gasteiger partial charge in [-0.2, -0.15) is 0 Å². The SMILES string of the molecule is C=CCCCCCCCC(C)C(C)C. The van der Waals surface area contributed by atoms with Crippen molar-refractivity contribution < 1.29 is 0 Å². The molecular formula is C14H28. The molecular weight excluding hydrogens is 168 g/mol. The molecule has 0 heterocycles. The van der Waals surface area contributed by atoms with Gasteiger partial charge in [0.15, 0.2) is 0 Å². The Morgan fingerprint density at radius 1 is 0.929 bits per heavy atom. The van der Waals surface area contributed by atoms with Crippen LogP contribution >= 0.6 is 0 Å². The maximum Gasteiger partial charge on any atom is -0.0353 e. The maximum atomic E-state index is 3.74. The summed E-state index contributed by atoms with van der Waals surface area (Å²) in [6.45, 7) is 10.8. The van der Waals surface area contributed by atoms with Gasteiger partial charge in [0.2, 0.25) is 0 Å². The van der Waals surface area contributed by atoms with E-state index < -0.39 is 0 Å². The molecule has 0 bridgehead atoms. The average molecular weight is 196 g/mol. The van der Waals surface area contributed by atoms with E-state index in [9.17, 15) is 0 Å². The van der Waals surface area contributed by atoms with E-state index in [1.54, 1.807) is 0 Å². The smallest absolute Gasteiger partial charge is 0.0353 e. The minimum atomic E-state index is 0.857. The Labute approximate surface area is 90.8 Å². The molecule has 0 aromatic heterocycles. The van der Waals surface area contributed by atoms with Gasteiger partial charge in [0.1, 0.15) is 0 Å². The Morgan fingerprint density at radius 3 is 2.07 bits per heavy atom. The maximum absolute atomic E-state index is 3.74. The summed E-state index contributed by atoms with van der Waals surface area (Å²) in [7, 11) is 0. The average Bonchev–Trinajstić information content (AvgIpc) is 2.16. The van der Waals surface area contributed by atoms with Gasteiger partial charge in [-0.3, -0.25) is 0 Å². The van der Waals surface area contributed by atoms with Gasteiger partial charge in [-0.05, 0) is 24.7 Å². The molecule has 1 unspecified atom stereocenters. The fourth-order valence-electron chi connectivity index (χ4n) is 1.62. The first-order valence-electron chi connectivity index (χ1n) is 6.29. The van der Waals surface area contributed by atoms with Gasteiger partial charge < -0.3 is 0 Å². The summed E-state index contributed by atoms with van der Waals surface area (Å²) >= 11 is 0.